The summed E-state index contributed by atoms with van der Waals surface area (Å²) in [7, 11) is 0. The van der Waals surface area contributed by atoms with Crippen LogP contribution in [0.3, 0.4) is 0 Å². The van der Waals surface area contributed by atoms with Crippen LogP contribution in [0.15, 0.2) is 18.2 Å². The zero-order valence-corrected chi connectivity index (χ0v) is 9.45. The van der Waals surface area contributed by atoms with Crippen LogP contribution in [0.1, 0.15) is 21.0 Å². The summed E-state index contributed by atoms with van der Waals surface area (Å²) in [5.41, 5.74) is 0.662. The lowest BCUT2D eigenvalue weighted by Gasteiger charge is -1.99. The van der Waals surface area contributed by atoms with Crippen LogP contribution in [0, 0.1) is 0 Å². The monoisotopic (exact) mass is 227 g/mol. The maximum Gasteiger partial charge on any atom is 0.237 e. The van der Waals surface area contributed by atoms with Crippen molar-refractivity contribution in [3.8, 4) is 0 Å². The van der Waals surface area contributed by atoms with Crippen molar-refractivity contribution in [1.82, 2.24) is 4.98 Å². The summed E-state index contributed by atoms with van der Waals surface area (Å²) >= 11 is 2.17. The van der Waals surface area contributed by atoms with Gasteiger partial charge in [0.25, 0.3) is 0 Å². The molecule has 0 amide bonds. The van der Waals surface area contributed by atoms with E-state index in [2.05, 4.69) is 4.98 Å². The highest BCUT2D eigenvalue weighted by Gasteiger charge is 2.10. The first kappa shape index (κ1) is 11.3. The molecule has 0 aliphatic carbocycles. The number of thioether (sulfide) groups is 2. The predicted octanol–water partition coefficient (Wildman–Crippen LogP) is 2.09. The van der Waals surface area contributed by atoms with Crippen LogP contribution in [-0.4, -0.2) is 27.7 Å². The Labute approximate surface area is 90.7 Å². The normalized spacial score (nSPS) is 9.86. The number of carbonyl (C=O) groups is 2. The first-order valence-corrected chi connectivity index (χ1v) is 6.27. The first-order chi connectivity index (χ1) is 6.69. The number of aromatic nitrogens is 1. The van der Waals surface area contributed by atoms with E-state index in [0.29, 0.717) is 11.4 Å². The van der Waals surface area contributed by atoms with Crippen LogP contribution in [0.4, 0.5) is 0 Å². The largest absolute Gasteiger partial charge is 0.280 e. The smallest absolute Gasteiger partial charge is 0.237 e. The van der Waals surface area contributed by atoms with Gasteiger partial charge in [-0.1, -0.05) is 29.6 Å². The second-order valence-electron chi connectivity index (χ2n) is 2.39. The SMILES string of the molecule is CSC(=O)c1cccc(C(=O)SC)n1. The van der Waals surface area contributed by atoms with Gasteiger partial charge in [0.1, 0.15) is 11.4 Å². The van der Waals surface area contributed by atoms with Crippen LogP contribution in [0.2, 0.25) is 0 Å². The zero-order chi connectivity index (χ0) is 10.6. The van der Waals surface area contributed by atoms with Crippen molar-refractivity contribution in [2.75, 3.05) is 12.5 Å². The number of nitrogens with zero attached hydrogens (tertiary/aromatic N) is 1. The molecular weight excluding hydrogens is 218 g/mol. The highest BCUT2D eigenvalue weighted by Crippen LogP contribution is 2.11. The molecule has 74 valence electrons. The summed E-state index contributed by atoms with van der Waals surface area (Å²) in [5.74, 6) is 0. The third-order valence-corrected chi connectivity index (χ3v) is 2.70. The highest BCUT2D eigenvalue weighted by atomic mass is 32.2. The molecule has 1 aromatic heterocycles. The second kappa shape index (κ2) is 5.17. The molecule has 0 spiro atoms. The van der Waals surface area contributed by atoms with Crippen molar-refractivity contribution in [1.29, 1.82) is 0 Å². The van der Waals surface area contributed by atoms with E-state index >= 15 is 0 Å². The van der Waals surface area contributed by atoms with Gasteiger partial charge in [-0.3, -0.25) is 9.59 Å². The molecular formula is C9H9NO2S2. The number of pyridine rings is 1. The molecule has 0 fully saturated rings. The molecule has 0 saturated heterocycles. The topological polar surface area (TPSA) is 47.0 Å². The molecule has 0 bridgehead atoms. The third-order valence-electron chi connectivity index (χ3n) is 1.54. The van der Waals surface area contributed by atoms with Crippen LogP contribution < -0.4 is 0 Å². The van der Waals surface area contributed by atoms with E-state index in [0.717, 1.165) is 23.5 Å². The Bertz CT molecular complexity index is 334. The summed E-state index contributed by atoms with van der Waals surface area (Å²) in [4.78, 5) is 26.5. The molecule has 3 nitrogen and oxygen atoms in total. The van der Waals surface area contributed by atoms with Gasteiger partial charge in [0.15, 0.2) is 0 Å². The van der Waals surface area contributed by atoms with Crippen molar-refractivity contribution in [2.24, 2.45) is 0 Å². The second-order valence-corrected chi connectivity index (χ2v) is 3.95. The third kappa shape index (κ3) is 2.59. The Morgan fingerprint density at radius 1 is 1.07 bits per heavy atom. The molecule has 0 aliphatic rings. The number of carbonyl (C=O) groups excluding carboxylic acids is 2. The van der Waals surface area contributed by atoms with Gasteiger partial charge in [-0.05, 0) is 24.6 Å². The minimum atomic E-state index is -0.124. The summed E-state index contributed by atoms with van der Waals surface area (Å²) in [6.07, 6.45) is 3.38. The van der Waals surface area contributed by atoms with Crippen molar-refractivity contribution in [2.45, 2.75) is 0 Å². The van der Waals surface area contributed by atoms with Gasteiger partial charge < -0.3 is 0 Å². The Hall–Kier alpha value is -0.810. The molecule has 0 saturated carbocycles. The molecule has 0 aliphatic heterocycles. The van der Waals surface area contributed by atoms with Crippen molar-refractivity contribution in [3.05, 3.63) is 29.6 Å². The molecule has 0 aromatic carbocycles. The van der Waals surface area contributed by atoms with Gasteiger partial charge in [-0.2, -0.15) is 0 Å². The maximum atomic E-state index is 11.3. The van der Waals surface area contributed by atoms with Gasteiger partial charge in [-0.15, -0.1) is 0 Å². The van der Waals surface area contributed by atoms with E-state index in [1.54, 1.807) is 30.7 Å². The van der Waals surface area contributed by atoms with E-state index < -0.39 is 0 Å². The lowest BCUT2D eigenvalue weighted by molar-refractivity contribution is 0.108. The van der Waals surface area contributed by atoms with Crippen LogP contribution in [0.25, 0.3) is 0 Å². The Morgan fingerprint density at radius 3 is 1.86 bits per heavy atom. The van der Waals surface area contributed by atoms with Gasteiger partial charge in [-0.25, -0.2) is 4.98 Å². The van der Waals surface area contributed by atoms with Crippen molar-refractivity contribution >= 4 is 33.8 Å². The van der Waals surface area contributed by atoms with Crippen LogP contribution >= 0.6 is 23.5 Å². The lowest BCUT2D eigenvalue weighted by atomic mass is 10.3. The van der Waals surface area contributed by atoms with Gasteiger partial charge in [0.2, 0.25) is 10.2 Å². The molecule has 1 heterocycles. The molecule has 14 heavy (non-hydrogen) atoms. The molecule has 0 radical (unpaired) electrons. The number of hydrogen-bond donors (Lipinski definition) is 0. The number of hydrogen-bond acceptors (Lipinski definition) is 5. The Balaban J connectivity index is 3.01. The zero-order valence-electron chi connectivity index (χ0n) is 7.81. The van der Waals surface area contributed by atoms with Crippen molar-refractivity contribution < 1.29 is 9.59 Å². The first-order valence-electron chi connectivity index (χ1n) is 3.82. The van der Waals surface area contributed by atoms with Crippen LogP contribution in [0.5, 0.6) is 0 Å². The standard InChI is InChI=1S/C9H9NO2S2/c1-13-8(11)6-4-3-5-7(10-6)9(12)14-2/h3-5H,1-2H3. The summed E-state index contributed by atoms with van der Waals surface area (Å²) in [6.45, 7) is 0. The fraction of sp³-hybridized carbons (Fsp3) is 0.222. The minimum absolute atomic E-state index is 0.124. The maximum absolute atomic E-state index is 11.3. The minimum Gasteiger partial charge on any atom is -0.280 e. The Morgan fingerprint density at radius 2 is 1.50 bits per heavy atom. The molecule has 1 rings (SSSR count). The summed E-state index contributed by atoms with van der Waals surface area (Å²) < 4.78 is 0. The average Bonchev–Trinajstić information content (AvgIpc) is 2.27. The van der Waals surface area contributed by atoms with Crippen molar-refractivity contribution in [3.63, 3.8) is 0 Å². The number of rotatable bonds is 2. The summed E-state index contributed by atoms with van der Waals surface area (Å²) in [6, 6.07) is 4.88. The van der Waals surface area contributed by atoms with Gasteiger partial charge in [0.05, 0.1) is 0 Å². The fourth-order valence-electron chi connectivity index (χ4n) is 0.871. The van der Waals surface area contributed by atoms with E-state index in [9.17, 15) is 9.59 Å². The molecule has 0 unspecified atom stereocenters. The predicted molar refractivity (Wildman–Crippen MR) is 59.9 cm³/mol. The van der Waals surface area contributed by atoms with Gasteiger partial charge >= 0.3 is 0 Å². The van der Waals surface area contributed by atoms with E-state index in [-0.39, 0.29) is 10.2 Å². The fourth-order valence-corrected chi connectivity index (χ4v) is 1.52. The van der Waals surface area contributed by atoms with Crippen LogP contribution in [-0.2, 0) is 0 Å². The quantitative estimate of drug-likeness (QED) is 0.774. The summed E-state index contributed by atoms with van der Waals surface area (Å²) in [5, 5.41) is -0.249. The Kier molecular flexibility index (Phi) is 4.16. The van der Waals surface area contributed by atoms with E-state index in [4.69, 9.17) is 0 Å². The highest BCUT2D eigenvalue weighted by molar-refractivity contribution is 8.13. The van der Waals surface area contributed by atoms with E-state index in [1.807, 2.05) is 0 Å². The molecule has 0 N–H and O–H groups in total. The average molecular weight is 227 g/mol. The van der Waals surface area contributed by atoms with Gasteiger partial charge in [0, 0.05) is 0 Å². The molecule has 5 heteroatoms. The lowest BCUT2D eigenvalue weighted by Crippen LogP contribution is -2.03. The molecule has 0 atom stereocenters. The molecule has 1 aromatic rings. The van der Waals surface area contributed by atoms with E-state index in [1.165, 1.54) is 0 Å².